The second kappa shape index (κ2) is 8.16. The minimum Gasteiger partial charge on any atom is -0.487 e. The average Bonchev–Trinajstić information content (AvgIpc) is 3.17. The van der Waals surface area contributed by atoms with E-state index in [2.05, 4.69) is 0 Å². The maximum absolute atomic E-state index is 14.2. The van der Waals surface area contributed by atoms with Gasteiger partial charge in [-0.05, 0) is 47.9 Å². The van der Waals surface area contributed by atoms with Gasteiger partial charge in [0.15, 0.2) is 0 Å². The molecule has 0 aliphatic carbocycles. The average molecular weight is 430 g/mol. The Morgan fingerprint density at radius 2 is 1.80 bits per heavy atom. The molecule has 0 fully saturated rings. The van der Waals surface area contributed by atoms with Gasteiger partial charge in [-0.15, -0.1) is 0 Å². The van der Waals surface area contributed by atoms with Gasteiger partial charge >= 0.3 is 0 Å². The SMILES string of the molecule is CCc1ccc(S(=O)(=O)OCC2Cc3cccc(-c4cc(F)ccc4F)c3O2)cc1. The highest BCUT2D eigenvalue weighted by Crippen LogP contribution is 2.40. The van der Waals surface area contributed by atoms with Gasteiger partial charge < -0.3 is 4.74 Å². The van der Waals surface area contributed by atoms with E-state index in [0.29, 0.717) is 17.7 Å². The van der Waals surface area contributed by atoms with Crippen LogP contribution in [0, 0.1) is 11.6 Å². The van der Waals surface area contributed by atoms with Crippen molar-refractivity contribution in [2.75, 3.05) is 6.61 Å². The van der Waals surface area contributed by atoms with E-state index in [1.165, 1.54) is 12.1 Å². The van der Waals surface area contributed by atoms with E-state index in [-0.39, 0.29) is 17.1 Å². The molecule has 0 bridgehead atoms. The molecule has 0 aromatic heterocycles. The molecule has 0 spiro atoms. The highest BCUT2D eigenvalue weighted by Gasteiger charge is 2.29. The fourth-order valence-electron chi connectivity index (χ4n) is 3.47. The van der Waals surface area contributed by atoms with Crippen LogP contribution >= 0.6 is 0 Å². The van der Waals surface area contributed by atoms with E-state index in [4.69, 9.17) is 8.92 Å². The van der Waals surface area contributed by atoms with Crippen molar-refractivity contribution in [1.29, 1.82) is 0 Å². The normalized spacial score (nSPS) is 15.6. The second-order valence-electron chi connectivity index (χ2n) is 7.10. The van der Waals surface area contributed by atoms with Crippen LogP contribution in [0.4, 0.5) is 8.78 Å². The third-order valence-electron chi connectivity index (χ3n) is 5.08. The summed E-state index contributed by atoms with van der Waals surface area (Å²) in [6.07, 6.45) is 0.663. The Morgan fingerprint density at radius 3 is 2.53 bits per heavy atom. The summed E-state index contributed by atoms with van der Waals surface area (Å²) < 4.78 is 63.9. The number of aryl methyl sites for hydroxylation is 1. The predicted octanol–water partition coefficient (Wildman–Crippen LogP) is 4.90. The number of halogens is 2. The zero-order valence-electron chi connectivity index (χ0n) is 16.3. The van der Waals surface area contributed by atoms with Crippen LogP contribution in [0.25, 0.3) is 11.1 Å². The van der Waals surface area contributed by atoms with Crippen molar-refractivity contribution in [3.63, 3.8) is 0 Å². The fourth-order valence-corrected chi connectivity index (χ4v) is 4.41. The van der Waals surface area contributed by atoms with Crippen LogP contribution in [0.5, 0.6) is 5.75 Å². The molecular weight excluding hydrogens is 410 g/mol. The van der Waals surface area contributed by atoms with Crippen LogP contribution in [0.3, 0.4) is 0 Å². The molecule has 1 aliphatic rings. The van der Waals surface area contributed by atoms with E-state index < -0.39 is 27.9 Å². The second-order valence-corrected chi connectivity index (χ2v) is 8.71. The molecule has 0 amide bonds. The molecule has 156 valence electrons. The minimum atomic E-state index is -3.92. The number of ether oxygens (including phenoxy) is 1. The number of hydrogen-bond acceptors (Lipinski definition) is 4. The van der Waals surface area contributed by atoms with E-state index >= 15 is 0 Å². The van der Waals surface area contributed by atoms with Gasteiger partial charge in [0.05, 0.1) is 4.90 Å². The molecule has 1 unspecified atom stereocenters. The number of rotatable bonds is 6. The van der Waals surface area contributed by atoms with Crippen LogP contribution < -0.4 is 4.74 Å². The first kappa shape index (κ1) is 20.5. The molecule has 0 radical (unpaired) electrons. The fraction of sp³-hybridized carbons (Fsp3) is 0.217. The lowest BCUT2D eigenvalue weighted by Gasteiger charge is -2.13. The molecular formula is C23H20F2O4S. The van der Waals surface area contributed by atoms with Gasteiger partial charge in [-0.1, -0.05) is 37.3 Å². The molecule has 3 aromatic rings. The Kier molecular flexibility index (Phi) is 5.58. The van der Waals surface area contributed by atoms with Gasteiger partial charge in [-0.3, -0.25) is 4.18 Å². The smallest absolute Gasteiger partial charge is 0.297 e. The number of para-hydroxylation sites is 1. The molecule has 0 saturated heterocycles. The van der Waals surface area contributed by atoms with E-state index in [1.54, 1.807) is 24.3 Å². The first-order valence-electron chi connectivity index (χ1n) is 9.59. The third-order valence-corrected chi connectivity index (χ3v) is 6.37. The number of hydrogen-bond donors (Lipinski definition) is 0. The Bertz CT molecular complexity index is 1170. The van der Waals surface area contributed by atoms with Crippen molar-refractivity contribution < 1.29 is 26.1 Å². The van der Waals surface area contributed by atoms with E-state index in [9.17, 15) is 17.2 Å². The molecule has 3 aromatic carbocycles. The van der Waals surface area contributed by atoms with Crippen LogP contribution in [0.15, 0.2) is 65.6 Å². The van der Waals surface area contributed by atoms with Gasteiger partial charge in [-0.25, -0.2) is 8.78 Å². The molecule has 0 saturated carbocycles. The Hall–Kier alpha value is -2.77. The molecule has 4 rings (SSSR count). The Morgan fingerprint density at radius 1 is 1.03 bits per heavy atom. The maximum atomic E-state index is 14.2. The largest absolute Gasteiger partial charge is 0.487 e. The lowest BCUT2D eigenvalue weighted by atomic mass is 10.00. The molecule has 30 heavy (non-hydrogen) atoms. The standard InChI is InChI=1S/C23H20F2O4S/c1-2-15-6-9-19(10-7-15)30(26,27)28-14-18-12-16-4-3-5-20(23(16)29-18)21-13-17(24)8-11-22(21)25/h3-11,13,18H,2,12,14H2,1H3. The number of fused-ring (bicyclic) bond motifs is 1. The van der Waals surface area contributed by atoms with Crippen LogP contribution in [-0.4, -0.2) is 21.1 Å². The van der Waals surface area contributed by atoms with Crippen molar-refractivity contribution in [3.8, 4) is 16.9 Å². The molecule has 7 heteroatoms. The summed E-state index contributed by atoms with van der Waals surface area (Å²) in [5, 5.41) is 0. The number of benzene rings is 3. The van der Waals surface area contributed by atoms with Gasteiger partial charge in [0.1, 0.15) is 30.1 Å². The summed E-state index contributed by atoms with van der Waals surface area (Å²) in [6.45, 7) is 1.80. The Balaban J connectivity index is 1.51. The highest BCUT2D eigenvalue weighted by atomic mass is 32.2. The maximum Gasteiger partial charge on any atom is 0.297 e. The van der Waals surface area contributed by atoms with Gasteiger partial charge in [-0.2, -0.15) is 8.42 Å². The molecule has 1 atom stereocenters. The minimum absolute atomic E-state index is 0.0812. The van der Waals surface area contributed by atoms with Crippen LogP contribution in [-0.2, 0) is 27.1 Å². The lowest BCUT2D eigenvalue weighted by molar-refractivity contribution is 0.152. The lowest BCUT2D eigenvalue weighted by Crippen LogP contribution is -2.23. The zero-order chi connectivity index (χ0) is 21.3. The summed E-state index contributed by atoms with van der Waals surface area (Å²) >= 11 is 0. The third kappa shape index (κ3) is 4.08. The summed E-state index contributed by atoms with van der Waals surface area (Å²) in [5.41, 5.74) is 2.33. The van der Waals surface area contributed by atoms with Crippen molar-refractivity contribution in [2.24, 2.45) is 0 Å². The molecule has 1 heterocycles. The Labute approximate surface area is 174 Å². The predicted molar refractivity (Wildman–Crippen MR) is 109 cm³/mol. The molecule has 1 aliphatic heterocycles. The molecule has 4 nitrogen and oxygen atoms in total. The van der Waals surface area contributed by atoms with Gasteiger partial charge in [0.2, 0.25) is 0 Å². The van der Waals surface area contributed by atoms with E-state index in [1.807, 2.05) is 13.0 Å². The molecule has 0 N–H and O–H groups in total. The van der Waals surface area contributed by atoms with Crippen LogP contribution in [0.1, 0.15) is 18.1 Å². The van der Waals surface area contributed by atoms with Crippen molar-refractivity contribution in [3.05, 3.63) is 83.4 Å². The van der Waals surface area contributed by atoms with Crippen molar-refractivity contribution in [1.82, 2.24) is 0 Å². The summed E-state index contributed by atoms with van der Waals surface area (Å²) in [5.74, 6) is -0.700. The summed E-state index contributed by atoms with van der Waals surface area (Å²) in [6, 6.07) is 15.0. The van der Waals surface area contributed by atoms with Crippen LogP contribution in [0.2, 0.25) is 0 Å². The first-order chi connectivity index (χ1) is 14.4. The first-order valence-corrected chi connectivity index (χ1v) is 11.0. The topological polar surface area (TPSA) is 52.6 Å². The highest BCUT2D eigenvalue weighted by molar-refractivity contribution is 7.86. The van der Waals surface area contributed by atoms with Gasteiger partial charge in [0.25, 0.3) is 10.1 Å². The van der Waals surface area contributed by atoms with Crippen molar-refractivity contribution >= 4 is 10.1 Å². The quantitative estimate of drug-likeness (QED) is 0.522. The zero-order valence-corrected chi connectivity index (χ0v) is 17.1. The van der Waals surface area contributed by atoms with Gasteiger partial charge in [0, 0.05) is 17.5 Å². The van der Waals surface area contributed by atoms with E-state index in [0.717, 1.165) is 35.7 Å². The summed E-state index contributed by atoms with van der Waals surface area (Å²) in [4.78, 5) is 0.0812. The van der Waals surface area contributed by atoms with Crippen molar-refractivity contribution in [2.45, 2.75) is 30.8 Å². The summed E-state index contributed by atoms with van der Waals surface area (Å²) in [7, 11) is -3.92. The monoisotopic (exact) mass is 430 g/mol.